The van der Waals surface area contributed by atoms with Gasteiger partial charge in [0.1, 0.15) is 18.5 Å². The summed E-state index contributed by atoms with van der Waals surface area (Å²) in [4.78, 5) is 22.1. The molecular formula is C21H32N2O8. The Bertz CT molecular complexity index is 705. The monoisotopic (exact) mass is 440 g/mol. The lowest BCUT2D eigenvalue weighted by atomic mass is 9.84. The van der Waals surface area contributed by atoms with Gasteiger partial charge in [-0.15, -0.1) is 0 Å². The summed E-state index contributed by atoms with van der Waals surface area (Å²) >= 11 is 0. The number of piperidine rings is 3. The van der Waals surface area contributed by atoms with Gasteiger partial charge in [0.2, 0.25) is 0 Å². The first-order valence-corrected chi connectivity index (χ1v) is 10.3. The summed E-state index contributed by atoms with van der Waals surface area (Å²) in [6.07, 6.45) is -2.39. The van der Waals surface area contributed by atoms with Gasteiger partial charge in [-0.05, 0) is 50.4 Å². The number of carboxylic acid groups (broad SMARTS) is 2. The molecule has 3 saturated heterocycles. The van der Waals surface area contributed by atoms with E-state index in [0.29, 0.717) is 19.2 Å². The number of aliphatic hydroxyl groups excluding tert-OH is 3. The van der Waals surface area contributed by atoms with E-state index >= 15 is 0 Å². The minimum absolute atomic E-state index is 0.346. The van der Waals surface area contributed by atoms with E-state index in [4.69, 9.17) is 25.2 Å². The molecule has 0 spiro atoms. The highest BCUT2D eigenvalue weighted by Crippen LogP contribution is 2.27. The molecular weight excluding hydrogens is 408 g/mol. The second-order valence-corrected chi connectivity index (χ2v) is 7.95. The molecule has 3 fully saturated rings. The molecule has 10 heteroatoms. The maximum absolute atomic E-state index is 10.1. The number of aliphatic carboxylic acids is 2. The van der Waals surface area contributed by atoms with Crippen molar-refractivity contribution in [1.29, 1.82) is 0 Å². The number of ether oxygens (including phenoxy) is 1. The van der Waals surface area contributed by atoms with Gasteiger partial charge in [-0.25, -0.2) is 9.59 Å². The Balaban J connectivity index is 0.000000291. The van der Waals surface area contributed by atoms with Gasteiger partial charge in [-0.3, -0.25) is 0 Å². The minimum Gasteiger partial charge on any atom is -0.491 e. The topological polar surface area (TPSA) is 160 Å². The molecule has 1 aromatic rings. The van der Waals surface area contributed by atoms with Crippen LogP contribution in [0.4, 0.5) is 0 Å². The minimum atomic E-state index is -2.27. The van der Waals surface area contributed by atoms with Crippen LogP contribution in [0, 0.1) is 12.8 Å². The maximum atomic E-state index is 10.1. The molecule has 4 rings (SSSR count). The fourth-order valence-electron chi connectivity index (χ4n) is 3.72. The first-order valence-electron chi connectivity index (χ1n) is 10.3. The van der Waals surface area contributed by atoms with Crippen LogP contribution in [-0.2, 0) is 9.59 Å². The first-order chi connectivity index (χ1) is 14.7. The molecule has 3 aliphatic rings. The highest BCUT2D eigenvalue weighted by Gasteiger charge is 2.33. The van der Waals surface area contributed by atoms with Crippen LogP contribution in [0.15, 0.2) is 24.3 Å². The number of rotatable bonds is 9. The van der Waals surface area contributed by atoms with Crippen LogP contribution in [0.5, 0.6) is 5.75 Å². The summed E-state index contributed by atoms with van der Waals surface area (Å²) in [7, 11) is 0. The first kappa shape index (κ1) is 25.0. The zero-order valence-electron chi connectivity index (χ0n) is 17.6. The van der Waals surface area contributed by atoms with Gasteiger partial charge in [-0.1, -0.05) is 18.2 Å². The summed E-state index contributed by atoms with van der Waals surface area (Å²) in [6, 6.07) is 8.46. The third-order valence-electron chi connectivity index (χ3n) is 5.60. The van der Waals surface area contributed by atoms with Gasteiger partial charge in [0.15, 0.2) is 12.2 Å². The number of carbonyl (C=O) groups is 2. The number of fused-ring (bicyclic) bond motifs is 3. The number of nitrogens with one attached hydrogen (secondary N) is 1. The Morgan fingerprint density at radius 2 is 1.68 bits per heavy atom. The summed E-state index contributed by atoms with van der Waals surface area (Å²) < 4.78 is 5.70. The zero-order chi connectivity index (χ0) is 23.0. The van der Waals surface area contributed by atoms with Crippen molar-refractivity contribution in [3.8, 4) is 5.75 Å². The maximum Gasteiger partial charge on any atom is 0.335 e. The van der Waals surface area contributed by atoms with Crippen molar-refractivity contribution in [2.24, 2.45) is 5.92 Å². The molecule has 1 aromatic carbocycles. The Morgan fingerprint density at radius 1 is 1.10 bits per heavy atom. The fourth-order valence-corrected chi connectivity index (χ4v) is 3.72. The van der Waals surface area contributed by atoms with Gasteiger partial charge in [0.25, 0.3) is 0 Å². The van der Waals surface area contributed by atoms with Crippen molar-refractivity contribution in [2.45, 2.75) is 44.1 Å². The normalized spacial score (nSPS) is 25.0. The molecule has 0 radical (unpaired) electrons. The molecule has 10 nitrogen and oxygen atoms in total. The van der Waals surface area contributed by atoms with E-state index in [1.54, 1.807) is 0 Å². The molecule has 6 N–H and O–H groups in total. The van der Waals surface area contributed by atoms with E-state index in [-0.39, 0.29) is 0 Å². The van der Waals surface area contributed by atoms with E-state index in [1.807, 2.05) is 31.2 Å². The van der Waals surface area contributed by atoms with E-state index < -0.39 is 30.3 Å². The van der Waals surface area contributed by atoms with Gasteiger partial charge >= 0.3 is 11.9 Å². The Kier molecular flexibility index (Phi) is 9.66. The summed E-state index contributed by atoms with van der Waals surface area (Å²) in [5.41, 5.74) is 1.11. The number of para-hydroxylation sites is 1. The predicted molar refractivity (Wildman–Crippen MR) is 111 cm³/mol. The Morgan fingerprint density at radius 3 is 2.16 bits per heavy atom. The Hall–Kier alpha value is -2.24. The lowest BCUT2D eigenvalue weighted by Crippen LogP contribution is -2.57. The molecule has 3 heterocycles. The molecule has 4 atom stereocenters. The van der Waals surface area contributed by atoms with Gasteiger partial charge < -0.3 is 40.5 Å². The average molecular weight is 440 g/mol. The van der Waals surface area contributed by atoms with E-state index in [1.165, 1.54) is 25.9 Å². The second-order valence-electron chi connectivity index (χ2n) is 7.95. The molecule has 0 saturated carbocycles. The number of benzene rings is 1. The van der Waals surface area contributed by atoms with E-state index in [9.17, 15) is 14.7 Å². The molecule has 3 aliphatic heterocycles. The largest absolute Gasteiger partial charge is 0.491 e. The van der Waals surface area contributed by atoms with Crippen molar-refractivity contribution >= 4 is 11.9 Å². The van der Waals surface area contributed by atoms with Crippen LogP contribution in [0.2, 0.25) is 0 Å². The molecule has 174 valence electrons. The van der Waals surface area contributed by atoms with Crippen molar-refractivity contribution in [2.75, 3.05) is 32.8 Å². The van der Waals surface area contributed by atoms with Gasteiger partial charge in [0.05, 0.1) is 0 Å². The van der Waals surface area contributed by atoms with Gasteiger partial charge in [-0.2, -0.15) is 0 Å². The third-order valence-corrected chi connectivity index (χ3v) is 5.60. The van der Waals surface area contributed by atoms with Crippen molar-refractivity contribution in [3.05, 3.63) is 29.8 Å². The van der Waals surface area contributed by atoms with Crippen LogP contribution in [0.25, 0.3) is 0 Å². The highest BCUT2D eigenvalue weighted by atomic mass is 16.5. The molecule has 4 unspecified atom stereocenters. The summed E-state index contributed by atoms with van der Waals surface area (Å²) in [6.45, 7) is 6.62. The van der Waals surface area contributed by atoms with Gasteiger partial charge in [0, 0.05) is 19.1 Å². The Labute approximate surface area is 181 Å². The number of aryl methyl sites for hydroxylation is 1. The smallest absolute Gasteiger partial charge is 0.335 e. The van der Waals surface area contributed by atoms with Crippen molar-refractivity contribution in [3.63, 3.8) is 0 Å². The highest BCUT2D eigenvalue weighted by molar-refractivity contribution is 5.83. The number of hydrogen-bond donors (Lipinski definition) is 6. The number of aliphatic hydroxyl groups is 3. The van der Waals surface area contributed by atoms with Crippen LogP contribution in [0.3, 0.4) is 0 Å². The van der Waals surface area contributed by atoms with Crippen molar-refractivity contribution < 1.29 is 39.9 Å². The standard InChI is InChI=1S/C17H26N2O2.C4H6O6/c1-13-4-2-3-5-17(13)21-12-15(20)10-18-16-11-19-8-6-14(16)7-9-19;5-1(3(7)8)2(6)4(9)10/h2-5,14-16,18,20H,6-12H2,1H3;1-2,5-6H,(H,7,8)(H,9,10). The second kappa shape index (κ2) is 12.0. The quantitative estimate of drug-likeness (QED) is 0.290. The molecule has 0 aromatic heterocycles. The molecule has 0 amide bonds. The van der Waals surface area contributed by atoms with Crippen LogP contribution in [0.1, 0.15) is 18.4 Å². The number of hydrogen-bond acceptors (Lipinski definition) is 8. The summed E-state index contributed by atoms with van der Waals surface area (Å²) in [5.74, 6) is -1.89. The van der Waals surface area contributed by atoms with Crippen LogP contribution in [-0.4, -0.2) is 99.5 Å². The van der Waals surface area contributed by atoms with Crippen LogP contribution < -0.4 is 10.1 Å². The molecule has 2 bridgehead atoms. The lowest BCUT2D eigenvalue weighted by molar-refractivity contribution is -0.165. The fraction of sp³-hybridized carbons (Fsp3) is 0.619. The van der Waals surface area contributed by atoms with E-state index in [0.717, 1.165) is 23.8 Å². The number of carboxylic acids is 2. The van der Waals surface area contributed by atoms with Crippen LogP contribution >= 0.6 is 0 Å². The third kappa shape index (κ3) is 7.75. The summed E-state index contributed by atoms with van der Waals surface area (Å²) in [5, 5.41) is 46.2. The zero-order valence-corrected chi connectivity index (χ0v) is 17.6. The predicted octanol–water partition coefficient (Wildman–Crippen LogP) is -0.704. The molecule has 31 heavy (non-hydrogen) atoms. The SMILES string of the molecule is Cc1ccccc1OCC(O)CNC1CN2CCC1CC2.O=C(O)C(O)C(O)C(=O)O. The van der Waals surface area contributed by atoms with Crippen molar-refractivity contribution in [1.82, 2.24) is 10.2 Å². The molecule has 0 aliphatic carbocycles. The lowest BCUT2D eigenvalue weighted by Gasteiger charge is -2.45. The number of nitrogens with zero attached hydrogens (tertiary/aromatic N) is 1. The average Bonchev–Trinajstić information content (AvgIpc) is 2.77. The van der Waals surface area contributed by atoms with E-state index in [2.05, 4.69) is 10.2 Å².